The predicted molar refractivity (Wildman–Crippen MR) is 103 cm³/mol. The number of hydrogen-bond donors (Lipinski definition) is 1. The van der Waals surface area contributed by atoms with Crippen LogP contribution in [0.1, 0.15) is 18.4 Å². The lowest BCUT2D eigenvalue weighted by Gasteiger charge is -2.32. The molecule has 1 N–H and O–H groups in total. The van der Waals surface area contributed by atoms with Crippen LogP contribution in [0.25, 0.3) is 0 Å². The summed E-state index contributed by atoms with van der Waals surface area (Å²) in [6, 6.07) is 15.2. The van der Waals surface area contributed by atoms with Gasteiger partial charge in [0.1, 0.15) is 6.04 Å². The molecule has 0 saturated carbocycles. The van der Waals surface area contributed by atoms with Crippen LogP contribution < -0.4 is 10.2 Å². The molecule has 1 aliphatic heterocycles. The van der Waals surface area contributed by atoms with Gasteiger partial charge in [-0.2, -0.15) is 0 Å². The zero-order chi connectivity index (χ0) is 19.4. The van der Waals surface area contributed by atoms with E-state index in [-0.39, 0.29) is 23.1 Å². The van der Waals surface area contributed by atoms with Crippen molar-refractivity contribution in [3.05, 3.63) is 60.2 Å². The molecule has 0 bridgehead atoms. The van der Waals surface area contributed by atoms with Crippen molar-refractivity contribution < 1.29 is 18.0 Å². The SMILES string of the molecule is CS(=O)(=O)c1ccccc1CC(=O)NC1CCCN(c2ccccc2)C1=O. The Morgan fingerprint density at radius 1 is 1.11 bits per heavy atom. The number of para-hydroxylation sites is 1. The lowest BCUT2D eigenvalue weighted by Crippen LogP contribution is -2.52. The Kier molecular flexibility index (Phi) is 5.60. The quantitative estimate of drug-likeness (QED) is 0.851. The molecule has 1 fully saturated rings. The van der Waals surface area contributed by atoms with E-state index in [1.807, 2.05) is 30.3 Å². The fraction of sp³-hybridized carbons (Fsp3) is 0.300. The van der Waals surface area contributed by atoms with Crippen LogP contribution >= 0.6 is 0 Å². The number of anilines is 1. The van der Waals surface area contributed by atoms with Gasteiger partial charge in [-0.05, 0) is 36.6 Å². The summed E-state index contributed by atoms with van der Waals surface area (Å²) in [6.07, 6.45) is 2.39. The van der Waals surface area contributed by atoms with E-state index in [1.54, 1.807) is 23.1 Å². The monoisotopic (exact) mass is 386 g/mol. The van der Waals surface area contributed by atoms with Gasteiger partial charge in [-0.3, -0.25) is 9.59 Å². The second kappa shape index (κ2) is 7.92. The number of piperidine rings is 1. The first-order chi connectivity index (χ1) is 12.9. The molecule has 1 heterocycles. The molecule has 7 heteroatoms. The van der Waals surface area contributed by atoms with Gasteiger partial charge in [0.05, 0.1) is 11.3 Å². The number of sulfone groups is 1. The number of hydrogen-bond acceptors (Lipinski definition) is 4. The number of rotatable bonds is 5. The van der Waals surface area contributed by atoms with Crippen LogP contribution in [0.4, 0.5) is 5.69 Å². The van der Waals surface area contributed by atoms with Gasteiger partial charge in [0, 0.05) is 18.5 Å². The first-order valence-corrected chi connectivity index (χ1v) is 10.7. The van der Waals surface area contributed by atoms with E-state index in [1.165, 1.54) is 6.07 Å². The van der Waals surface area contributed by atoms with Crippen LogP contribution in [0, 0.1) is 0 Å². The fourth-order valence-corrected chi connectivity index (χ4v) is 4.25. The molecule has 27 heavy (non-hydrogen) atoms. The van der Waals surface area contributed by atoms with E-state index in [9.17, 15) is 18.0 Å². The Labute approximate surface area is 159 Å². The summed E-state index contributed by atoms with van der Waals surface area (Å²) >= 11 is 0. The minimum absolute atomic E-state index is 0.0850. The smallest absolute Gasteiger partial charge is 0.249 e. The predicted octanol–water partition coefficient (Wildman–Crippen LogP) is 1.94. The average molecular weight is 386 g/mol. The Hall–Kier alpha value is -2.67. The van der Waals surface area contributed by atoms with Crippen LogP contribution in [0.2, 0.25) is 0 Å². The van der Waals surface area contributed by atoms with E-state index < -0.39 is 15.9 Å². The number of carbonyl (C=O) groups excluding carboxylic acids is 2. The molecule has 0 aliphatic carbocycles. The summed E-state index contributed by atoms with van der Waals surface area (Å²) in [7, 11) is -3.42. The van der Waals surface area contributed by atoms with E-state index in [0.717, 1.165) is 18.4 Å². The maximum Gasteiger partial charge on any atom is 0.249 e. The lowest BCUT2D eigenvalue weighted by molar-refractivity contribution is -0.128. The van der Waals surface area contributed by atoms with Gasteiger partial charge in [0.25, 0.3) is 0 Å². The summed E-state index contributed by atoms with van der Waals surface area (Å²) in [6.45, 7) is 0.617. The van der Waals surface area contributed by atoms with Crippen molar-refractivity contribution in [3.8, 4) is 0 Å². The highest BCUT2D eigenvalue weighted by atomic mass is 32.2. The first-order valence-electron chi connectivity index (χ1n) is 8.80. The normalized spacial score (nSPS) is 17.6. The topological polar surface area (TPSA) is 83.6 Å². The minimum atomic E-state index is -3.42. The van der Waals surface area contributed by atoms with Gasteiger partial charge in [-0.25, -0.2) is 8.42 Å². The Balaban J connectivity index is 1.71. The second-order valence-electron chi connectivity index (χ2n) is 6.64. The fourth-order valence-electron chi connectivity index (χ4n) is 3.30. The molecule has 0 aromatic heterocycles. The summed E-state index contributed by atoms with van der Waals surface area (Å²) in [5.41, 5.74) is 1.24. The highest BCUT2D eigenvalue weighted by Crippen LogP contribution is 2.21. The number of nitrogens with zero attached hydrogens (tertiary/aromatic N) is 1. The first kappa shape index (κ1) is 19.1. The zero-order valence-corrected chi connectivity index (χ0v) is 15.9. The molecule has 0 spiro atoms. The van der Waals surface area contributed by atoms with E-state index >= 15 is 0 Å². The van der Waals surface area contributed by atoms with Crippen molar-refractivity contribution in [2.45, 2.75) is 30.2 Å². The van der Waals surface area contributed by atoms with Crippen molar-refractivity contribution in [3.63, 3.8) is 0 Å². The van der Waals surface area contributed by atoms with Gasteiger partial charge in [0.2, 0.25) is 11.8 Å². The molecule has 6 nitrogen and oxygen atoms in total. The van der Waals surface area contributed by atoms with Crippen molar-refractivity contribution in [1.82, 2.24) is 5.32 Å². The summed E-state index contributed by atoms with van der Waals surface area (Å²) in [4.78, 5) is 27.0. The van der Waals surface area contributed by atoms with Crippen molar-refractivity contribution in [1.29, 1.82) is 0 Å². The van der Waals surface area contributed by atoms with Crippen LogP contribution in [0.5, 0.6) is 0 Å². The molecule has 2 aromatic carbocycles. The van der Waals surface area contributed by atoms with Gasteiger partial charge in [-0.15, -0.1) is 0 Å². The molecule has 3 rings (SSSR count). The second-order valence-corrected chi connectivity index (χ2v) is 8.63. The Bertz CT molecular complexity index is 941. The Morgan fingerprint density at radius 3 is 2.48 bits per heavy atom. The highest BCUT2D eigenvalue weighted by molar-refractivity contribution is 7.90. The molecule has 1 saturated heterocycles. The van der Waals surface area contributed by atoms with Gasteiger partial charge < -0.3 is 10.2 Å². The van der Waals surface area contributed by atoms with E-state index in [4.69, 9.17) is 0 Å². The third-order valence-electron chi connectivity index (χ3n) is 4.56. The van der Waals surface area contributed by atoms with E-state index in [0.29, 0.717) is 18.5 Å². The number of carbonyl (C=O) groups is 2. The third-order valence-corrected chi connectivity index (χ3v) is 5.76. The van der Waals surface area contributed by atoms with Crippen LogP contribution in [0.15, 0.2) is 59.5 Å². The molecule has 1 unspecified atom stereocenters. The van der Waals surface area contributed by atoms with Crippen LogP contribution in [-0.4, -0.2) is 39.1 Å². The van der Waals surface area contributed by atoms with Crippen molar-refractivity contribution >= 4 is 27.3 Å². The van der Waals surface area contributed by atoms with Crippen molar-refractivity contribution in [2.24, 2.45) is 0 Å². The number of nitrogens with one attached hydrogen (secondary N) is 1. The lowest BCUT2D eigenvalue weighted by atomic mass is 10.0. The molecular weight excluding hydrogens is 364 g/mol. The maximum absolute atomic E-state index is 12.8. The zero-order valence-electron chi connectivity index (χ0n) is 15.1. The average Bonchev–Trinajstić information content (AvgIpc) is 2.64. The minimum Gasteiger partial charge on any atom is -0.344 e. The van der Waals surface area contributed by atoms with Gasteiger partial charge >= 0.3 is 0 Å². The maximum atomic E-state index is 12.8. The number of benzene rings is 2. The summed E-state index contributed by atoms with van der Waals surface area (Å²) < 4.78 is 23.8. The molecule has 1 aliphatic rings. The molecule has 0 radical (unpaired) electrons. The molecule has 2 amide bonds. The third kappa shape index (κ3) is 4.54. The highest BCUT2D eigenvalue weighted by Gasteiger charge is 2.30. The number of amides is 2. The van der Waals surface area contributed by atoms with Crippen molar-refractivity contribution in [2.75, 3.05) is 17.7 Å². The molecular formula is C20H22N2O4S. The van der Waals surface area contributed by atoms with E-state index in [2.05, 4.69) is 5.32 Å². The van der Waals surface area contributed by atoms with Crippen LogP contribution in [0.3, 0.4) is 0 Å². The summed E-state index contributed by atoms with van der Waals surface area (Å²) in [5, 5.41) is 2.77. The molecule has 142 valence electrons. The largest absolute Gasteiger partial charge is 0.344 e. The van der Waals surface area contributed by atoms with Gasteiger partial charge in [-0.1, -0.05) is 36.4 Å². The molecule has 1 atom stereocenters. The Morgan fingerprint density at radius 2 is 1.78 bits per heavy atom. The summed E-state index contributed by atoms with van der Waals surface area (Å²) in [5.74, 6) is -0.503. The molecule has 2 aromatic rings. The van der Waals surface area contributed by atoms with Gasteiger partial charge in [0.15, 0.2) is 9.84 Å². The standard InChI is InChI=1S/C20H22N2O4S/c1-27(25,26)18-12-6-5-8-15(18)14-19(23)21-17-11-7-13-22(20(17)24)16-9-3-2-4-10-16/h2-6,8-10,12,17H,7,11,13-14H2,1H3,(H,21,23). The van der Waals surface area contributed by atoms with Crippen LogP contribution in [-0.2, 0) is 25.8 Å².